The van der Waals surface area contributed by atoms with Crippen molar-refractivity contribution < 1.29 is 19.2 Å². The van der Waals surface area contributed by atoms with E-state index in [1.165, 1.54) is 12.8 Å². The Balaban J connectivity index is 1.42. The molecule has 0 spiro atoms. The van der Waals surface area contributed by atoms with Crippen molar-refractivity contribution in [2.45, 2.75) is 57.3 Å². The maximum atomic E-state index is 5.86. The standard InChI is InChI=1S/C23H34N2O4S/c1-26-15-5-3-4-6-16-28-21-13-11-20(12-14-21)23-25-24-22(30-23)19-9-7-18(8-10-19)17-29-27-2/h11-14,18-19H,3-10,15-17H2,1-2H3. The Morgan fingerprint density at radius 2 is 1.63 bits per heavy atom. The van der Waals surface area contributed by atoms with Gasteiger partial charge in [0, 0.05) is 25.2 Å². The van der Waals surface area contributed by atoms with E-state index < -0.39 is 0 Å². The predicted octanol–water partition coefficient (Wildman–Crippen LogP) is 5.64. The lowest BCUT2D eigenvalue weighted by Gasteiger charge is -2.26. The summed E-state index contributed by atoms with van der Waals surface area (Å²) < 4.78 is 10.9. The lowest BCUT2D eigenvalue weighted by molar-refractivity contribution is -0.281. The summed E-state index contributed by atoms with van der Waals surface area (Å²) in [5, 5.41) is 11.1. The summed E-state index contributed by atoms with van der Waals surface area (Å²) in [6.45, 7) is 2.29. The Morgan fingerprint density at radius 1 is 0.900 bits per heavy atom. The average Bonchev–Trinajstić information content (AvgIpc) is 3.28. The molecule has 1 saturated carbocycles. The topological polar surface area (TPSA) is 62.7 Å². The highest BCUT2D eigenvalue weighted by atomic mass is 32.1. The van der Waals surface area contributed by atoms with Crippen LogP contribution in [0.25, 0.3) is 10.6 Å². The molecule has 6 nitrogen and oxygen atoms in total. The minimum absolute atomic E-state index is 0.515. The van der Waals surface area contributed by atoms with E-state index >= 15 is 0 Å². The Morgan fingerprint density at radius 3 is 2.33 bits per heavy atom. The van der Waals surface area contributed by atoms with Gasteiger partial charge in [0.15, 0.2) is 0 Å². The molecule has 7 heteroatoms. The molecule has 0 bridgehead atoms. The van der Waals surface area contributed by atoms with Crippen molar-refractivity contribution in [2.24, 2.45) is 5.92 Å². The highest BCUT2D eigenvalue weighted by molar-refractivity contribution is 7.14. The fraction of sp³-hybridized carbons (Fsp3) is 0.652. The number of ether oxygens (including phenoxy) is 2. The van der Waals surface area contributed by atoms with E-state index in [1.54, 1.807) is 25.6 Å². The summed E-state index contributed by atoms with van der Waals surface area (Å²) >= 11 is 1.72. The maximum Gasteiger partial charge on any atom is 0.147 e. The number of aromatic nitrogens is 2. The van der Waals surface area contributed by atoms with Gasteiger partial charge in [-0.2, -0.15) is 0 Å². The fourth-order valence-electron chi connectivity index (χ4n) is 3.84. The van der Waals surface area contributed by atoms with Crippen LogP contribution in [0.5, 0.6) is 5.75 Å². The van der Waals surface area contributed by atoms with Gasteiger partial charge in [-0.25, -0.2) is 9.78 Å². The molecule has 166 valence electrons. The van der Waals surface area contributed by atoms with Crippen molar-refractivity contribution in [3.8, 4) is 16.3 Å². The maximum absolute atomic E-state index is 5.86. The number of hydrogen-bond donors (Lipinski definition) is 0. The molecule has 1 aliphatic carbocycles. The number of nitrogens with zero attached hydrogens (tertiary/aromatic N) is 2. The second-order valence-electron chi connectivity index (χ2n) is 7.89. The average molecular weight is 435 g/mol. The van der Waals surface area contributed by atoms with Crippen molar-refractivity contribution in [3.63, 3.8) is 0 Å². The lowest BCUT2D eigenvalue weighted by Crippen LogP contribution is -2.17. The van der Waals surface area contributed by atoms with Crippen LogP contribution in [0.15, 0.2) is 24.3 Å². The van der Waals surface area contributed by atoms with Crippen LogP contribution < -0.4 is 4.74 Å². The smallest absolute Gasteiger partial charge is 0.147 e. The molecule has 1 heterocycles. The summed E-state index contributed by atoms with van der Waals surface area (Å²) in [5.74, 6) is 2.02. The van der Waals surface area contributed by atoms with Crippen LogP contribution in [0.1, 0.15) is 62.3 Å². The first-order valence-electron chi connectivity index (χ1n) is 11.0. The van der Waals surface area contributed by atoms with E-state index in [-0.39, 0.29) is 0 Å². The highest BCUT2D eigenvalue weighted by Gasteiger charge is 2.25. The van der Waals surface area contributed by atoms with E-state index in [0.717, 1.165) is 73.1 Å². The van der Waals surface area contributed by atoms with E-state index in [2.05, 4.69) is 22.3 Å². The molecule has 0 aliphatic heterocycles. The lowest BCUT2D eigenvalue weighted by atomic mass is 9.83. The van der Waals surface area contributed by atoms with E-state index in [4.69, 9.17) is 19.2 Å². The van der Waals surface area contributed by atoms with E-state index in [9.17, 15) is 0 Å². The van der Waals surface area contributed by atoms with Crippen molar-refractivity contribution in [3.05, 3.63) is 29.3 Å². The second kappa shape index (κ2) is 13.0. The summed E-state index contributed by atoms with van der Waals surface area (Å²) in [6.07, 6.45) is 9.16. The third-order valence-corrected chi connectivity index (χ3v) is 6.81. The zero-order chi connectivity index (χ0) is 21.0. The normalized spacial score (nSPS) is 19.1. The van der Waals surface area contributed by atoms with Gasteiger partial charge in [0.2, 0.25) is 0 Å². The molecule has 2 aromatic rings. The van der Waals surface area contributed by atoms with Gasteiger partial charge in [0.05, 0.1) is 20.3 Å². The molecule has 1 aromatic heterocycles. The van der Waals surface area contributed by atoms with Crippen molar-refractivity contribution >= 4 is 11.3 Å². The number of unbranched alkanes of at least 4 members (excludes halogenated alkanes) is 3. The fourth-order valence-corrected chi connectivity index (χ4v) is 4.86. The van der Waals surface area contributed by atoms with Gasteiger partial charge in [-0.05, 0) is 75.1 Å². The van der Waals surface area contributed by atoms with Crippen molar-refractivity contribution in [1.82, 2.24) is 10.2 Å². The Kier molecular flexibility index (Phi) is 10.0. The second-order valence-corrected chi connectivity index (χ2v) is 8.90. The molecule has 1 aromatic carbocycles. The Hall–Kier alpha value is -1.54. The van der Waals surface area contributed by atoms with Crippen molar-refractivity contribution in [2.75, 3.05) is 34.0 Å². The third kappa shape index (κ3) is 7.30. The number of rotatable bonds is 13. The first-order chi connectivity index (χ1) is 14.8. The minimum atomic E-state index is 0.515. The molecule has 0 unspecified atom stereocenters. The van der Waals surface area contributed by atoms with E-state index in [1.807, 2.05) is 12.1 Å². The molecule has 1 fully saturated rings. The molecular weight excluding hydrogens is 400 g/mol. The summed E-state index contributed by atoms with van der Waals surface area (Å²) in [7, 11) is 3.32. The summed E-state index contributed by atoms with van der Waals surface area (Å²) in [5.41, 5.74) is 1.10. The van der Waals surface area contributed by atoms with Gasteiger partial charge >= 0.3 is 0 Å². The molecule has 0 radical (unpaired) electrons. The first-order valence-corrected chi connectivity index (χ1v) is 11.8. The quantitative estimate of drug-likeness (QED) is 0.231. The van der Waals surface area contributed by atoms with Gasteiger partial charge in [-0.3, -0.25) is 0 Å². The number of methoxy groups -OCH3 is 1. The largest absolute Gasteiger partial charge is 0.494 e. The molecule has 1 aliphatic rings. The van der Waals surface area contributed by atoms with Gasteiger partial charge in [0.25, 0.3) is 0 Å². The Labute approximate surface area is 183 Å². The first kappa shape index (κ1) is 23.1. The SMILES string of the molecule is COCCCCCCOc1ccc(-c2nnc(C3CCC(COOC)CC3)s2)cc1. The van der Waals surface area contributed by atoms with Crippen LogP contribution in [0.4, 0.5) is 0 Å². The molecular formula is C23H34N2O4S. The van der Waals surface area contributed by atoms with Gasteiger partial charge in [0.1, 0.15) is 15.8 Å². The minimum Gasteiger partial charge on any atom is -0.494 e. The van der Waals surface area contributed by atoms with Crippen LogP contribution in [0, 0.1) is 5.92 Å². The molecule has 0 saturated heterocycles. The van der Waals surface area contributed by atoms with Crippen LogP contribution in [0.3, 0.4) is 0 Å². The number of hydrogen-bond acceptors (Lipinski definition) is 7. The third-order valence-electron chi connectivity index (χ3n) is 5.67. The molecule has 0 atom stereocenters. The zero-order valence-corrected chi connectivity index (χ0v) is 19.0. The van der Waals surface area contributed by atoms with Gasteiger partial charge in [-0.15, -0.1) is 10.2 Å². The highest BCUT2D eigenvalue weighted by Crippen LogP contribution is 2.38. The molecule has 30 heavy (non-hydrogen) atoms. The monoisotopic (exact) mass is 434 g/mol. The zero-order valence-electron chi connectivity index (χ0n) is 18.2. The van der Waals surface area contributed by atoms with Crippen LogP contribution in [0.2, 0.25) is 0 Å². The van der Waals surface area contributed by atoms with E-state index in [0.29, 0.717) is 18.4 Å². The summed E-state index contributed by atoms with van der Waals surface area (Å²) in [4.78, 5) is 9.82. The molecule has 0 N–H and O–H groups in total. The summed E-state index contributed by atoms with van der Waals surface area (Å²) in [6, 6.07) is 8.22. The van der Waals surface area contributed by atoms with Crippen LogP contribution >= 0.6 is 11.3 Å². The van der Waals surface area contributed by atoms with Gasteiger partial charge in [-0.1, -0.05) is 17.8 Å². The van der Waals surface area contributed by atoms with Crippen LogP contribution in [-0.4, -0.2) is 44.2 Å². The Bertz CT molecular complexity index is 714. The van der Waals surface area contributed by atoms with Crippen molar-refractivity contribution in [1.29, 1.82) is 0 Å². The molecule has 0 amide bonds. The van der Waals surface area contributed by atoms with Gasteiger partial charge < -0.3 is 9.47 Å². The predicted molar refractivity (Wildman–Crippen MR) is 119 cm³/mol. The molecule has 3 rings (SSSR count). The number of benzene rings is 1. The van der Waals surface area contributed by atoms with Crippen LogP contribution in [-0.2, 0) is 14.5 Å².